The van der Waals surface area contributed by atoms with Gasteiger partial charge in [-0.1, -0.05) is 31.4 Å². The van der Waals surface area contributed by atoms with Gasteiger partial charge in [0.1, 0.15) is 0 Å². The highest BCUT2D eigenvalue weighted by molar-refractivity contribution is 5.72. The Labute approximate surface area is 109 Å². The van der Waals surface area contributed by atoms with E-state index in [-0.39, 0.29) is 24.1 Å². The van der Waals surface area contributed by atoms with Crippen LogP contribution in [0.25, 0.3) is 0 Å². The molecular formula is C15H22O3. The van der Waals surface area contributed by atoms with Crippen LogP contribution in [0.3, 0.4) is 0 Å². The summed E-state index contributed by atoms with van der Waals surface area (Å²) in [6.07, 6.45) is 7.99. The van der Waals surface area contributed by atoms with Crippen molar-refractivity contribution in [3.8, 4) is 0 Å². The van der Waals surface area contributed by atoms with Crippen molar-refractivity contribution < 1.29 is 14.3 Å². The van der Waals surface area contributed by atoms with Crippen LogP contribution >= 0.6 is 0 Å². The molecule has 100 valence electrons. The van der Waals surface area contributed by atoms with Gasteiger partial charge in [-0.15, -0.1) is 0 Å². The predicted molar refractivity (Wildman–Crippen MR) is 72.2 cm³/mol. The summed E-state index contributed by atoms with van der Waals surface area (Å²) in [4.78, 5) is 11.4. The molecule has 1 fully saturated rings. The van der Waals surface area contributed by atoms with Crippen molar-refractivity contribution in [1.29, 1.82) is 0 Å². The minimum Gasteiger partial charge on any atom is -0.469 e. The fourth-order valence-electron chi connectivity index (χ4n) is 2.32. The third kappa shape index (κ3) is 3.84. The van der Waals surface area contributed by atoms with Gasteiger partial charge in [0.15, 0.2) is 0 Å². The Hall–Kier alpha value is -1.35. The van der Waals surface area contributed by atoms with Crippen molar-refractivity contribution in [3.63, 3.8) is 0 Å². The van der Waals surface area contributed by atoms with Crippen LogP contribution in [0.4, 0.5) is 0 Å². The zero-order chi connectivity index (χ0) is 13.5. The van der Waals surface area contributed by atoms with E-state index in [9.17, 15) is 4.79 Å². The van der Waals surface area contributed by atoms with E-state index in [1.54, 1.807) is 12.2 Å². The van der Waals surface area contributed by atoms with Crippen LogP contribution in [-0.4, -0.2) is 25.3 Å². The summed E-state index contributed by atoms with van der Waals surface area (Å²) < 4.78 is 10.7. The highest BCUT2D eigenvalue weighted by Gasteiger charge is 2.32. The van der Waals surface area contributed by atoms with Gasteiger partial charge in [0.05, 0.1) is 25.2 Å². The van der Waals surface area contributed by atoms with Gasteiger partial charge in [-0.3, -0.25) is 4.79 Å². The molecule has 3 nitrogen and oxygen atoms in total. The van der Waals surface area contributed by atoms with Crippen LogP contribution in [0, 0.1) is 5.92 Å². The molecule has 0 aromatic carbocycles. The summed E-state index contributed by atoms with van der Waals surface area (Å²) in [6.45, 7) is 9.42. The Morgan fingerprint density at radius 1 is 1.39 bits per heavy atom. The number of esters is 1. The summed E-state index contributed by atoms with van der Waals surface area (Å²) in [7, 11) is 1.43. The van der Waals surface area contributed by atoms with Crippen LogP contribution in [-0.2, 0) is 14.3 Å². The van der Waals surface area contributed by atoms with Gasteiger partial charge >= 0.3 is 5.97 Å². The second-order valence-electron chi connectivity index (χ2n) is 4.54. The largest absolute Gasteiger partial charge is 0.469 e. The second-order valence-corrected chi connectivity index (χ2v) is 4.54. The minimum absolute atomic E-state index is 0.0113. The molecule has 0 spiro atoms. The molecule has 0 bridgehead atoms. The van der Waals surface area contributed by atoms with Crippen LogP contribution in [0.2, 0.25) is 0 Å². The van der Waals surface area contributed by atoms with E-state index in [2.05, 4.69) is 13.2 Å². The maximum atomic E-state index is 11.4. The van der Waals surface area contributed by atoms with E-state index >= 15 is 0 Å². The van der Waals surface area contributed by atoms with Gasteiger partial charge in [0.2, 0.25) is 0 Å². The molecule has 1 saturated carbocycles. The van der Waals surface area contributed by atoms with E-state index in [1.807, 2.05) is 13.0 Å². The second kappa shape index (κ2) is 7.17. The molecule has 0 radical (unpaired) electrons. The highest BCUT2D eigenvalue weighted by atomic mass is 16.5. The van der Waals surface area contributed by atoms with E-state index in [4.69, 9.17) is 9.47 Å². The van der Waals surface area contributed by atoms with E-state index in [0.717, 1.165) is 24.8 Å². The van der Waals surface area contributed by atoms with Gasteiger partial charge in [-0.05, 0) is 31.8 Å². The van der Waals surface area contributed by atoms with Crippen LogP contribution in [0.1, 0.15) is 26.2 Å². The summed E-state index contributed by atoms with van der Waals surface area (Å²) in [6, 6.07) is 0. The molecule has 1 aliphatic carbocycles. The third-order valence-corrected chi connectivity index (χ3v) is 3.33. The molecule has 0 heterocycles. The number of ether oxygens (including phenoxy) is 2. The Morgan fingerprint density at radius 3 is 2.67 bits per heavy atom. The molecule has 0 aliphatic heterocycles. The molecule has 3 atom stereocenters. The average molecular weight is 250 g/mol. The lowest BCUT2D eigenvalue weighted by molar-refractivity contribution is -0.145. The number of rotatable bonds is 6. The molecule has 0 aromatic rings. The van der Waals surface area contributed by atoms with Crippen molar-refractivity contribution in [3.05, 3.63) is 37.0 Å². The molecule has 18 heavy (non-hydrogen) atoms. The first-order chi connectivity index (χ1) is 8.62. The molecule has 0 N–H and O–H groups in total. The Balaban J connectivity index is 2.49. The zero-order valence-electron chi connectivity index (χ0n) is 11.2. The first-order valence-corrected chi connectivity index (χ1v) is 6.30. The molecule has 0 aromatic heterocycles. The maximum absolute atomic E-state index is 11.4. The Morgan fingerprint density at radius 2 is 2.11 bits per heavy atom. The maximum Gasteiger partial charge on any atom is 0.308 e. The van der Waals surface area contributed by atoms with Crippen LogP contribution in [0.15, 0.2) is 37.0 Å². The summed E-state index contributed by atoms with van der Waals surface area (Å²) >= 11 is 0. The first kappa shape index (κ1) is 14.7. The number of hydrogen-bond donors (Lipinski definition) is 0. The number of carbonyl (C=O) groups is 1. The van der Waals surface area contributed by atoms with Gasteiger partial charge in [-0.25, -0.2) is 0 Å². The normalized spacial score (nSPS) is 25.6. The lowest BCUT2D eigenvalue weighted by atomic mass is 10.1. The van der Waals surface area contributed by atoms with Crippen LogP contribution in [0.5, 0.6) is 0 Å². The monoisotopic (exact) mass is 250 g/mol. The lowest BCUT2D eigenvalue weighted by Crippen LogP contribution is -2.20. The highest BCUT2D eigenvalue weighted by Crippen LogP contribution is 2.30. The zero-order valence-corrected chi connectivity index (χ0v) is 11.2. The molecule has 1 rings (SSSR count). The third-order valence-electron chi connectivity index (χ3n) is 3.33. The average Bonchev–Trinajstić information content (AvgIpc) is 2.83. The van der Waals surface area contributed by atoms with Crippen molar-refractivity contribution in [2.24, 2.45) is 5.92 Å². The summed E-state index contributed by atoms with van der Waals surface area (Å²) in [5.41, 5.74) is 1.01. The number of hydrogen-bond acceptors (Lipinski definition) is 3. The van der Waals surface area contributed by atoms with Gasteiger partial charge in [0, 0.05) is 0 Å². The van der Waals surface area contributed by atoms with E-state index < -0.39 is 0 Å². The van der Waals surface area contributed by atoms with Gasteiger partial charge in [0.25, 0.3) is 0 Å². The molecule has 0 saturated heterocycles. The number of allylic oxidation sites excluding steroid dienone is 2. The van der Waals surface area contributed by atoms with Crippen molar-refractivity contribution in [2.45, 2.75) is 38.4 Å². The standard InChI is InChI=1S/C15H22O3/c1-5-7-12(6-2)11(3)18-14-9-8-13(10-14)15(16)17-4/h5-7,11,13-14H,1-2,8-10H2,3-4H3/b12-7+/t11?,13-,14+/m1/s1. The van der Waals surface area contributed by atoms with Crippen molar-refractivity contribution >= 4 is 5.97 Å². The van der Waals surface area contributed by atoms with Crippen LogP contribution < -0.4 is 0 Å². The summed E-state index contributed by atoms with van der Waals surface area (Å²) in [5, 5.41) is 0. The van der Waals surface area contributed by atoms with Gasteiger partial charge in [-0.2, -0.15) is 0 Å². The fraction of sp³-hybridized carbons (Fsp3) is 0.533. The quantitative estimate of drug-likeness (QED) is 0.537. The topological polar surface area (TPSA) is 35.5 Å². The fourth-order valence-corrected chi connectivity index (χ4v) is 2.32. The van der Waals surface area contributed by atoms with Crippen molar-refractivity contribution in [2.75, 3.05) is 7.11 Å². The molecule has 3 heteroatoms. The Bertz CT molecular complexity index is 344. The first-order valence-electron chi connectivity index (χ1n) is 6.30. The molecule has 1 unspecified atom stereocenters. The number of carbonyl (C=O) groups excluding carboxylic acids is 1. The predicted octanol–water partition coefficient (Wildman–Crippen LogP) is 3.03. The summed E-state index contributed by atoms with van der Waals surface area (Å²) in [5.74, 6) is -0.137. The van der Waals surface area contributed by atoms with E-state index in [0.29, 0.717) is 0 Å². The molecule has 1 aliphatic rings. The SMILES string of the molecule is C=C/C=C(\C=C)C(C)O[C@H]1CC[C@@H](C(=O)OC)C1. The molecular weight excluding hydrogens is 228 g/mol. The smallest absolute Gasteiger partial charge is 0.308 e. The number of methoxy groups -OCH3 is 1. The van der Waals surface area contributed by atoms with Gasteiger partial charge < -0.3 is 9.47 Å². The van der Waals surface area contributed by atoms with Crippen molar-refractivity contribution in [1.82, 2.24) is 0 Å². The van der Waals surface area contributed by atoms with E-state index in [1.165, 1.54) is 7.11 Å². The lowest BCUT2D eigenvalue weighted by Gasteiger charge is -2.19. The molecule has 0 amide bonds. The minimum atomic E-state index is -0.126. The Kier molecular flexibility index (Phi) is 5.86.